The number of fused-ring (bicyclic) bond motifs is 2. The maximum atomic E-state index is 13.1. The van der Waals surface area contributed by atoms with Crippen molar-refractivity contribution in [2.45, 2.75) is 37.8 Å². The van der Waals surface area contributed by atoms with Crippen LogP contribution in [0.15, 0.2) is 24.3 Å². The Morgan fingerprint density at radius 3 is 2.34 bits per heavy atom. The summed E-state index contributed by atoms with van der Waals surface area (Å²) < 4.78 is 11.0. The molecular weight excluding hydrogens is 423 g/mol. The first-order chi connectivity index (χ1) is 15.4. The summed E-state index contributed by atoms with van der Waals surface area (Å²) in [4.78, 5) is 24.7. The average molecular weight is 455 g/mol. The second kappa shape index (κ2) is 8.20. The molecule has 2 bridgehead atoms. The average Bonchev–Trinajstić information content (AvgIpc) is 3.46. The molecule has 3 aliphatic heterocycles. The molecule has 4 atom stereocenters. The number of hydrogen-bond donors (Lipinski definition) is 0. The van der Waals surface area contributed by atoms with Crippen LogP contribution in [0.5, 0.6) is 11.5 Å². The van der Waals surface area contributed by atoms with E-state index in [9.17, 15) is 4.79 Å². The molecule has 3 aliphatic rings. The molecule has 3 fully saturated rings. The third-order valence-electron chi connectivity index (χ3n) is 7.25. The summed E-state index contributed by atoms with van der Waals surface area (Å²) in [6.07, 6.45) is 1.64. The molecule has 32 heavy (non-hydrogen) atoms. The largest absolute Gasteiger partial charge is 0.497 e. The van der Waals surface area contributed by atoms with E-state index >= 15 is 0 Å². The van der Waals surface area contributed by atoms with Gasteiger partial charge in [0.1, 0.15) is 23.1 Å². The third kappa shape index (κ3) is 3.61. The van der Waals surface area contributed by atoms with Crippen LogP contribution in [0.25, 0.3) is 0 Å². The van der Waals surface area contributed by atoms with Gasteiger partial charge in [-0.25, -0.2) is 4.98 Å². The first-order valence-electron chi connectivity index (χ1n) is 11.1. The van der Waals surface area contributed by atoms with Crippen LogP contribution in [0.4, 0.5) is 11.6 Å². The van der Waals surface area contributed by atoms with Crippen LogP contribution in [-0.2, 0) is 4.79 Å². The molecule has 1 unspecified atom stereocenters. The van der Waals surface area contributed by atoms with E-state index in [1.807, 2.05) is 29.2 Å². The van der Waals surface area contributed by atoms with Gasteiger partial charge in [0.2, 0.25) is 5.91 Å². The summed E-state index contributed by atoms with van der Waals surface area (Å²) in [6, 6.07) is 8.98. The van der Waals surface area contributed by atoms with E-state index in [4.69, 9.17) is 14.5 Å². The molecule has 0 spiro atoms. The third-order valence-corrected chi connectivity index (χ3v) is 7.73. The molecule has 1 aromatic carbocycles. The Bertz CT molecular complexity index is 1040. The number of carbonyl (C=O) groups excluding carboxylic acids is 1. The Hall–Kier alpha value is -2.37. The van der Waals surface area contributed by atoms with Gasteiger partial charge in [-0.05, 0) is 49.0 Å². The minimum Gasteiger partial charge on any atom is -0.497 e. The maximum Gasteiger partial charge on any atom is 0.228 e. The normalized spacial score (nSPS) is 25.2. The molecular formula is C24H31N4O3P. The molecule has 4 heterocycles. The number of hydrogen-bond acceptors (Lipinski definition) is 6. The molecule has 0 N–H and O–H groups in total. The molecule has 0 radical (unpaired) electrons. The highest BCUT2D eigenvalue weighted by molar-refractivity contribution is 7.27. The predicted octanol–water partition coefficient (Wildman–Crippen LogP) is 2.32. The smallest absolute Gasteiger partial charge is 0.228 e. The molecule has 3 saturated heterocycles. The Kier molecular flexibility index (Phi) is 5.50. The lowest BCUT2D eigenvalue weighted by Gasteiger charge is -2.33. The number of likely N-dealkylation sites (tertiary alicyclic amines) is 1. The number of amides is 1. The topological polar surface area (TPSA) is 58.1 Å². The number of methoxy groups -OCH3 is 2. The van der Waals surface area contributed by atoms with Crippen LogP contribution >= 0.6 is 9.24 Å². The molecule has 1 aromatic heterocycles. The summed E-state index contributed by atoms with van der Waals surface area (Å²) in [5.41, 5.74) is 2.35. The number of aromatic nitrogens is 1. The van der Waals surface area contributed by atoms with Gasteiger partial charge in [0.15, 0.2) is 0 Å². The van der Waals surface area contributed by atoms with E-state index in [1.165, 1.54) is 12.0 Å². The number of pyridine rings is 1. The Balaban J connectivity index is 1.44. The standard InChI is InChI=1S/C24H31N4O3P/c1-14-5-18(30-3)8-20(32)24(14)15-6-23(29)28(11-15)22-10-19(31-4)9-21(25-22)27-13-16-7-17(27)12-26(16)2/h5,8-10,15-17H,6-7,11-13,32H2,1-4H3/t15-,16-,17-/m0/s1. The summed E-state index contributed by atoms with van der Waals surface area (Å²) in [6.45, 7) is 4.72. The fourth-order valence-electron chi connectivity index (χ4n) is 5.62. The number of nitrogens with zero attached hydrogens (tertiary/aromatic N) is 4. The van der Waals surface area contributed by atoms with Crippen molar-refractivity contribution in [1.29, 1.82) is 0 Å². The van der Waals surface area contributed by atoms with E-state index in [0.29, 0.717) is 30.9 Å². The van der Waals surface area contributed by atoms with Crippen LogP contribution < -0.4 is 24.6 Å². The minimum absolute atomic E-state index is 0.101. The van der Waals surface area contributed by atoms with Gasteiger partial charge in [0, 0.05) is 56.2 Å². The quantitative estimate of drug-likeness (QED) is 0.647. The SMILES string of the molecule is COc1cc(N2C[C@@H](c3c(C)cc(OC)cc3P)CC2=O)nc(N2C[C@@H]3C[C@H]2CN3C)c1. The Morgan fingerprint density at radius 2 is 1.72 bits per heavy atom. The minimum atomic E-state index is 0.101. The van der Waals surface area contributed by atoms with E-state index in [2.05, 4.69) is 33.0 Å². The second-order valence-corrected chi connectivity index (χ2v) is 9.83. The van der Waals surface area contributed by atoms with Crippen LogP contribution in [0.2, 0.25) is 0 Å². The van der Waals surface area contributed by atoms with Crippen molar-refractivity contribution in [3.63, 3.8) is 0 Å². The van der Waals surface area contributed by atoms with Crippen LogP contribution in [0, 0.1) is 6.92 Å². The number of carbonyl (C=O) groups is 1. The fourth-order valence-corrected chi connectivity index (χ4v) is 6.24. The first-order valence-corrected chi connectivity index (χ1v) is 11.7. The summed E-state index contributed by atoms with van der Waals surface area (Å²) >= 11 is 0. The van der Waals surface area contributed by atoms with Gasteiger partial charge >= 0.3 is 0 Å². The summed E-state index contributed by atoms with van der Waals surface area (Å²) in [5.74, 6) is 3.38. The fraction of sp³-hybridized carbons (Fsp3) is 0.500. The molecule has 5 rings (SSSR count). The zero-order valence-electron chi connectivity index (χ0n) is 19.2. The Morgan fingerprint density at radius 1 is 1.00 bits per heavy atom. The van der Waals surface area contributed by atoms with Gasteiger partial charge in [-0.1, -0.05) is 0 Å². The summed E-state index contributed by atoms with van der Waals surface area (Å²) in [7, 11) is 8.34. The van der Waals surface area contributed by atoms with Crippen LogP contribution in [0.1, 0.15) is 29.9 Å². The highest BCUT2D eigenvalue weighted by atomic mass is 31.0. The van der Waals surface area contributed by atoms with Crippen molar-refractivity contribution >= 4 is 32.1 Å². The lowest BCUT2D eigenvalue weighted by atomic mass is 9.93. The summed E-state index contributed by atoms with van der Waals surface area (Å²) in [5, 5.41) is 1.08. The number of likely N-dealkylation sites (N-methyl/N-ethyl adjacent to an activating group) is 1. The number of rotatable bonds is 5. The Labute approximate surface area is 191 Å². The van der Waals surface area contributed by atoms with Gasteiger partial charge < -0.3 is 14.4 Å². The van der Waals surface area contributed by atoms with E-state index in [0.717, 1.165) is 41.3 Å². The van der Waals surface area contributed by atoms with Gasteiger partial charge in [0.25, 0.3) is 0 Å². The molecule has 7 nitrogen and oxygen atoms in total. The van der Waals surface area contributed by atoms with Crippen molar-refractivity contribution in [3.8, 4) is 11.5 Å². The zero-order chi connectivity index (χ0) is 22.6. The van der Waals surface area contributed by atoms with Crippen LogP contribution in [0.3, 0.4) is 0 Å². The van der Waals surface area contributed by atoms with Gasteiger partial charge in [0.05, 0.1) is 14.2 Å². The zero-order valence-corrected chi connectivity index (χ0v) is 20.3. The first kappa shape index (κ1) is 21.5. The molecule has 2 aromatic rings. The lowest BCUT2D eigenvalue weighted by Crippen LogP contribution is -2.45. The molecule has 0 saturated carbocycles. The number of anilines is 2. The van der Waals surface area contributed by atoms with Crippen molar-refractivity contribution in [3.05, 3.63) is 35.4 Å². The van der Waals surface area contributed by atoms with E-state index in [-0.39, 0.29) is 11.8 Å². The number of ether oxygens (including phenoxy) is 2. The van der Waals surface area contributed by atoms with Crippen molar-refractivity contribution in [2.75, 3.05) is 50.7 Å². The highest BCUT2D eigenvalue weighted by Crippen LogP contribution is 2.38. The van der Waals surface area contributed by atoms with Gasteiger partial charge in [-0.2, -0.15) is 0 Å². The maximum absolute atomic E-state index is 13.1. The van der Waals surface area contributed by atoms with Crippen molar-refractivity contribution in [2.24, 2.45) is 0 Å². The van der Waals surface area contributed by atoms with Crippen molar-refractivity contribution in [1.82, 2.24) is 9.88 Å². The van der Waals surface area contributed by atoms with E-state index in [1.54, 1.807) is 14.2 Å². The monoisotopic (exact) mass is 454 g/mol. The molecule has 170 valence electrons. The number of aryl methyl sites for hydroxylation is 1. The number of piperazine rings is 1. The molecule has 8 heteroatoms. The van der Waals surface area contributed by atoms with Crippen LogP contribution in [-0.4, -0.2) is 68.8 Å². The molecule has 0 aliphatic carbocycles. The predicted molar refractivity (Wildman–Crippen MR) is 130 cm³/mol. The second-order valence-electron chi connectivity index (χ2n) is 9.21. The van der Waals surface area contributed by atoms with Gasteiger partial charge in [-0.3, -0.25) is 14.6 Å². The van der Waals surface area contributed by atoms with E-state index < -0.39 is 0 Å². The highest BCUT2D eigenvalue weighted by Gasteiger charge is 2.42. The number of benzene rings is 1. The lowest BCUT2D eigenvalue weighted by molar-refractivity contribution is -0.117. The molecule has 1 amide bonds. The van der Waals surface area contributed by atoms with Gasteiger partial charge in [-0.15, -0.1) is 9.24 Å². The van der Waals surface area contributed by atoms with Crippen molar-refractivity contribution < 1.29 is 14.3 Å².